The highest BCUT2D eigenvalue weighted by Gasteiger charge is 2.40. The molecule has 2 amide bonds. The first-order chi connectivity index (χ1) is 14.0. The van der Waals surface area contributed by atoms with Gasteiger partial charge < -0.3 is 5.32 Å². The molecule has 0 bridgehead atoms. The Hall–Kier alpha value is -2.64. The fourth-order valence-electron chi connectivity index (χ4n) is 3.16. The van der Waals surface area contributed by atoms with Gasteiger partial charge in [-0.15, -0.1) is 0 Å². The van der Waals surface area contributed by atoms with Crippen LogP contribution in [0.1, 0.15) is 25.8 Å². The van der Waals surface area contributed by atoms with Crippen molar-refractivity contribution in [2.75, 3.05) is 5.32 Å². The van der Waals surface area contributed by atoms with E-state index in [2.05, 4.69) is 15.3 Å². The number of nitrogens with zero attached hydrogens (tertiary/aromatic N) is 3. The average Bonchev–Trinajstić information content (AvgIpc) is 3.03. The minimum absolute atomic E-state index is 0.131. The number of carbonyl (C=O) groups excluding carboxylic acids is 2. The topological polar surface area (TPSA) is 74.1 Å². The van der Waals surface area contributed by atoms with E-state index in [1.54, 1.807) is 31.2 Å². The zero-order valence-corrected chi connectivity index (χ0v) is 17.5. The van der Waals surface area contributed by atoms with E-state index in [4.69, 9.17) is 11.6 Å². The number of benzene rings is 2. The van der Waals surface area contributed by atoms with Crippen LogP contribution in [0.2, 0.25) is 5.02 Å². The third-order valence-corrected chi connectivity index (χ3v) is 6.25. The Morgan fingerprint density at radius 2 is 1.97 bits per heavy atom. The van der Waals surface area contributed by atoms with Gasteiger partial charge in [-0.25, -0.2) is 9.89 Å². The maximum absolute atomic E-state index is 12.8. The van der Waals surface area contributed by atoms with Crippen molar-refractivity contribution < 1.29 is 9.59 Å². The van der Waals surface area contributed by atoms with Crippen LogP contribution in [0.5, 0.6) is 0 Å². The quantitative estimate of drug-likeness (QED) is 0.783. The van der Waals surface area contributed by atoms with Gasteiger partial charge >= 0.3 is 0 Å². The van der Waals surface area contributed by atoms with Gasteiger partial charge in [0.1, 0.15) is 11.9 Å². The second kappa shape index (κ2) is 8.00. The summed E-state index contributed by atoms with van der Waals surface area (Å²) in [6.45, 7) is 3.70. The summed E-state index contributed by atoms with van der Waals surface area (Å²) in [6, 6.07) is 14.1. The Labute approximate surface area is 178 Å². The number of amidine groups is 2. The van der Waals surface area contributed by atoms with Crippen LogP contribution in [0, 0.1) is 0 Å². The lowest BCUT2D eigenvalue weighted by atomic mass is 10.1. The fourth-order valence-corrected chi connectivity index (χ4v) is 4.31. The first-order valence-corrected chi connectivity index (χ1v) is 10.6. The molecule has 2 aliphatic rings. The largest absolute Gasteiger partial charge is 0.325 e. The molecule has 0 aromatic heterocycles. The molecular weight excluding hydrogens is 408 g/mol. The van der Waals surface area contributed by atoms with Crippen LogP contribution in [-0.2, 0) is 9.59 Å². The van der Waals surface area contributed by atoms with Gasteiger partial charge in [-0.2, -0.15) is 0 Å². The second-order valence-electron chi connectivity index (χ2n) is 6.72. The number of amides is 2. The first kappa shape index (κ1) is 19.7. The van der Waals surface area contributed by atoms with Crippen LogP contribution in [0.25, 0.3) is 0 Å². The maximum atomic E-state index is 12.8. The number of nitrogens with one attached hydrogen (secondary N) is 1. The number of para-hydroxylation sites is 1. The second-order valence-corrected chi connectivity index (χ2v) is 8.33. The molecule has 0 saturated carbocycles. The fraction of sp³-hybridized carbons (Fsp3) is 0.238. The number of fused-ring (bicyclic) bond motifs is 3. The average molecular weight is 427 g/mol. The molecule has 0 fully saturated rings. The third-order valence-electron chi connectivity index (χ3n) is 4.68. The molecule has 148 valence electrons. The molecule has 1 N–H and O–H groups in total. The Morgan fingerprint density at radius 3 is 2.69 bits per heavy atom. The number of carbonyl (C=O) groups is 2. The molecule has 6 nitrogen and oxygen atoms in total. The molecule has 0 radical (unpaired) electrons. The zero-order chi connectivity index (χ0) is 20.5. The SMILES string of the molecule is CC[C@H](SC1=Nc2ccccc2C2=N[C@H](C)C(=O)N12)C(=O)Nc1ccc(Cl)cc1. The van der Waals surface area contributed by atoms with Gasteiger partial charge in [0.05, 0.1) is 10.9 Å². The van der Waals surface area contributed by atoms with Gasteiger partial charge in [0.25, 0.3) is 5.91 Å². The minimum Gasteiger partial charge on any atom is -0.325 e. The first-order valence-electron chi connectivity index (χ1n) is 9.31. The van der Waals surface area contributed by atoms with E-state index >= 15 is 0 Å². The number of anilines is 1. The number of rotatable bonds is 4. The predicted octanol–water partition coefficient (Wildman–Crippen LogP) is 4.47. The smallest absolute Gasteiger partial charge is 0.258 e. The van der Waals surface area contributed by atoms with Crippen LogP contribution < -0.4 is 5.32 Å². The third kappa shape index (κ3) is 3.80. The highest BCUT2D eigenvalue weighted by molar-refractivity contribution is 8.15. The molecular formula is C21H19ClN4O2S. The van der Waals surface area contributed by atoms with Gasteiger partial charge in [-0.05, 0) is 49.7 Å². The molecule has 4 rings (SSSR count). The summed E-state index contributed by atoms with van der Waals surface area (Å²) < 4.78 is 0. The lowest BCUT2D eigenvalue weighted by molar-refractivity contribution is -0.124. The monoisotopic (exact) mass is 426 g/mol. The minimum atomic E-state index is -0.468. The van der Waals surface area contributed by atoms with Crippen molar-refractivity contribution in [1.29, 1.82) is 0 Å². The molecule has 0 aliphatic carbocycles. The van der Waals surface area contributed by atoms with E-state index < -0.39 is 11.3 Å². The lowest BCUT2D eigenvalue weighted by Gasteiger charge is -2.27. The molecule has 2 aliphatic heterocycles. The van der Waals surface area contributed by atoms with E-state index in [9.17, 15) is 9.59 Å². The van der Waals surface area contributed by atoms with E-state index in [0.29, 0.717) is 28.1 Å². The highest BCUT2D eigenvalue weighted by atomic mass is 35.5. The molecule has 0 saturated heterocycles. The van der Waals surface area contributed by atoms with Crippen molar-refractivity contribution in [2.45, 2.75) is 31.6 Å². The van der Waals surface area contributed by atoms with Gasteiger partial charge in [-0.3, -0.25) is 14.6 Å². The Balaban J connectivity index is 1.60. The summed E-state index contributed by atoms with van der Waals surface area (Å²) in [5.41, 5.74) is 2.25. The lowest BCUT2D eigenvalue weighted by Crippen LogP contribution is -2.42. The predicted molar refractivity (Wildman–Crippen MR) is 118 cm³/mol. The van der Waals surface area contributed by atoms with Gasteiger partial charge in [-0.1, -0.05) is 42.4 Å². The van der Waals surface area contributed by atoms with Crippen molar-refractivity contribution in [3.8, 4) is 0 Å². The molecule has 2 atom stereocenters. The standard InChI is InChI=1S/C21H19ClN4O2S/c1-3-17(19(27)24-14-10-8-13(22)9-11-14)29-21-25-16-7-5-4-6-15(16)18-23-12(2)20(28)26(18)21/h4-12,17H,3H2,1-2H3,(H,24,27)/t12-,17+/m1/s1. The van der Waals surface area contributed by atoms with Gasteiger partial charge in [0.15, 0.2) is 5.17 Å². The number of halogens is 1. The molecule has 2 heterocycles. The summed E-state index contributed by atoms with van der Waals surface area (Å²) >= 11 is 7.18. The Morgan fingerprint density at radius 1 is 1.24 bits per heavy atom. The maximum Gasteiger partial charge on any atom is 0.258 e. The van der Waals surface area contributed by atoms with Crippen LogP contribution in [-0.4, -0.2) is 39.0 Å². The van der Waals surface area contributed by atoms with Crippen molar-refractivity contribution >= 4 is 57.6 Å². The Kier molecular flexibility index (Phi) is 5.43. The van der Waals surface area contributed by atoms with Crippen LogP contribution in [0.4, 0.5) is 11.4 Å². The molecule has 2 aromatic rings. The summed E-state index contributed by atoms with van der Waals surface area (Å²) in [7, 11) is 0. The van der Waals surface area contributed by atoms with Crippen molar-refractivity contribution in [1.82, 2.24) is 4.90 Å². The van der Waals surface area contributed by atoms with Crippen LogP contribution >= 0.6 is 23.4 Å². The molecule has 0 spiro atoms. The number of thioether (sulfide) groups is 1. The summed E-state index contributed by atoms with van der Waals surface area (Å²) in [4.78, 5) is 36.3. The van der Waals surface area contributed by atoms with E-state index in [-0.39, 0.29) is 11.8 Å². The van der Waals surface area contributed by atoms with E-state index in [1.165, 1.54) is 16.7 Å². The summed E-state index contributed by atoms with van der Waals surface area (Å²) in [5, 5.41) is 3.57. The van der Waals surface area contributed by atoms with E-state index in [0.717, 1.165) is 11.3 Å². The normalized spacial score (nSPS) is 18.5. The van der Waals surface area contributed by atoms with Gasteiger partial charge in [0.2, 0.25) is 5.91 Å². The summed E-state index contributed by atoms with van der Waals surface area (Å²) in [5.74, 6) is 0.317. The zero-order valence-electron chi connectivity index (χ0n) is 15.9. The van der Waals surface area contributed by atoms with Crippen molar-refractivity contribution in [2.24, 2.45) is 9.98 Å². The van der Waals surface area contributed by atoms with Crippen molar-refractivity contribution in [3.63, 3.8) is 0 Å². The van der Waals surface area contributed by atoms with Crippen LogP contribution in [0.15, 0.2) is 58.5 Å². The molecule has 2 aromatic carbocycles. The van der Waals surface area contributed by atoms with Gasteiger partial charge in [0, 0.05) is 16.3 Å². The van der Waals surface area contributed by atoms with E-state index in [1.807, 2.05) is 31.2 Å². The van der Waals surface area contributed by atoms with Crippen LogP contribution in [0.3, 0.4) is 0 Å². The number of hydrogen-bond donors (Lipinski definition) is 1. The molecule has 29 heavy (non-hydrogen) atoms. The number of aliphatic imine (C=N–C) groups is 2. The Bertz CT molecular complexity index is 1040. The number of hydrogen-bond acceptors (Lipinski definition) is 5. The molecule has 0 unspecified atom stereocenters. The summed E-state index contributed by atoms with van der Waals surface area (Å²) in [6.07, 6.45) is 0.578. The van der Waals surface area contributed by atoms with Crippen molar-refractivity contribution in [3.05, 3.63) is 59.1 Å². The highest BCUT2D eigenvalue weighted by Crippen LogP contribution is 2.35. The molecule has 8 heteroatoms.